The van der Waals surface area contributed by atoms with Crippen LogP contribution in [0, 0.1) is 6.92 Å². The van der Waals surface area contributed by atoms with Crippen molar-refractivity contribution in [2.45, 2.75) is 39.5 Å². The van der Waals surface area contributed by atoms with Crippen LogP contribution in [0.1, 0.15) is 38.2 Å². The highest BCUT2D eigenvalue weighted by Gasteiger charge is 2.03. The van der Waals surface area contributed by atoms with E-state index in [2.05, 4.69) is 33.2 Å². The molecule has 1 rings (SSSR count). The number of halogens is 1. The van der Waals surface area contributed by atoms with E-state index in [1.54, 1.807) is 6.20 Å². The Hall–Kier alpha value is -0.900. The summed E-state index contributed by atoms with van der Waals surface area (Å²) in [5.74, 6) is 0.0666. The molecule has 0 fully saturated rings. The minimum absolute atomic E-state index is 0.0666. The minimum atomic E-state index is 0.0666. The Kier molecular flexibility index (Phi) is 5.46. The van der Waals surface area contributed by atoms with Crippen molar-refractivity contribution in [3.63, 3.8) is 0 Å². The zero-order valence-electron chi connectivity index (χ0n) is 9.72. The van der Waals surface area contributed by atoms with Crippen molar-refractivity contribution in [2.75, 3.05) is 5.32 Å². The molecule has 16 heavy (non-hydrogen) atoms. The number of hydrogen-bond donors (Lipinski definition) is 1. The average Bonchev–Trinajstić information content (AvgIpc) is 2.24. The van der Waals surface area contributed by atoms with Gasteiger partial charge in [-0.2, -0.15) is 0 Å². The molecule has 1 N–H and O–H groups in total. The molecule has 0 radical (unpaired) electrons. The van der Waals surface area contributed by atoms with Gasteiger partial charge < -0.3 is 5.32 Å². The standard InChI is InChI=1S/C12H17BrN2O/c1-3-4-5-6-11(16)15-10-7-9(2)12(13)14-8-10/h7-8H,3-6H2,1-2H3,(H,15,16). The molecule has 0 bridgehead atoms. The van der Waals surface area contributed by atoms with E-state index in [9.17, 15) is 4.79 Å². The van der Waals surface area contributed by atoms with Crippen molar-refractivity contribution in [2.24, 2.45) is 0 Å². The molecule has 3 nitrogen and oxygen atoms in total. The summed E-state index contributed by atoms with van der Waals surface area (Å²) < 4.78 is 0.816. The second-order valence-electron chi connectivity index (χ2n) is 3.84. The summed E-state index contributed by atoms with van der Waals surface area (Å²) in [4.78, 5) is 15.7. The summed E-state index contributed by atoms with van der Waals surface area (Å²) in [5.41, 5.74) is 1.79. The molecule has 0 aliphatic heterocycles. The van der Waals surface area contributed by atoms with Crippen molar-refractivity contribution in [3.8, 4) is 0 Å². The highest BCUT2D eigenvalue weighted by Crippen LogP contribution is 2.17. The fraction of sp³-hybridized carbons (Fsp3) is 0.500. The van der Waals surface area contributed by atoms with Crippen molar-refractivity contribution >= 4 is 27.5 Å². The molecule has 1 heterocycles. The Bertz CT molecular complexity index is 366. The smallest absolute Gasteiger partial charge is 0.224 e. The molecular formula is C12H17BrN2O. The Morgan fingerprint density at radius 3 is 2.88 bits per heavy atom. The number of nitrogens with zero attached hydrogens (tertiary/aromatic N) is 1. The van der Waals surface area contributed by atoms with Crippen LogP contribution in [0.5, 0.6) is 0 Å². The maximum atomic E-state index is 11.5. The van der Waals surface area contributed by atoms with Crippen LogP contribution in [-0.4, -0.2) is 10.9 Å². The maximum absolute atomic E-state index is 11.5. The van der Waals surface area contributed by atoms with Crippen LogP contribution >= 0.6 is 15.9 Å². The van der Waals surface area contributed by atoms with Gasteiger partial charge in [0.15, 0.2) is 0 Å². The largest absolute Gasteiger partial charge is 0.325 e. The summed E-state index contributed by atoms with van der Waals surface area (Å²) in [6.45, 7) is 4.07. The van der Waals surface area contributed by atoms with E-state index in [0.29, 0.717) is 6.42 Å². The average molecular weight is 285 g/mol. The molecule has 0 aliphatic carbocycles. The second kappa shape index (κ2) is 6.63. The number of amides is 1. The highest BCUT2D eigenvalue weighted by atomic mass is 79.9. The van der Waals surface area contributed by atoms with Crippen LogP contribution in [0.4, 0.5) is 5.69 Å². The van der Waals surface area contributed by atoms with Gasteiger partial charge in [0.05, 0.1) is 11.9 Å². The van der Waals surface area contributed by atoms with Crippen molar-refractivity contribution in [1.82, 2.24) is 4.98 Å². The van der Waals surface area contributed by atoms with Crippen LogP contribution < -0.4 is 5.32 Å². The number of anilines is 1. The van der Waals surface area contributed by atoms with E-state index in [4.69, 9.17) is 0 Å². The molecule has 0 aromatic carbocycles. The molecular weight excluding hydrogens is 268 g/mol. The lowest BCUT2D eigenvalue weighted by atomic mass is 10.2. The predicted octanol–water partition coefficient (Wildman–Crippen LogP) is 3.67. The van der Waals surface area contributed by atoms with Crippen molar-refractivity contribution in [3.05, 3.63) is 22.4 Å². The number of pyridine rings is 1. The fourth-order valence-electron chi connectivity index (χ4n) is 1.39. The number of aromatic nitrogens is 1. The van der Waals surface area contributed by atoms with Gasteiger partial charge in [-0.3, -0.25) is 4.79 Å². The summed E-state index contributed by atoms with van der Waals surface area (Å²) in [6.07, 6.45) is 5.43. The predicted molar refractivity (Wildman–Crippen MR) is 69.4 cm³/mol. The third-order valence-electron chi connectivity index (χ3n) is 2.31. The zero-order valence-corrected chi connectivity index (χ0v) is 11.3. The van der Waals surface area contributed by atoms with Gasteiger partial charge >= 0.3 is 0 Å². The lowest BCUT2D eigenvalue weighted by Gasteiger charge is -2.06. The molecule has 0 atom stereocenters. The van der Waals surface area contributed by atoms with Crippen LogP contribution in [0.2, 0.25) is 0 Å². The first-order valence-corrected chi connectivity index (χ1v) is 6.34. The number of aryl methyl sites for hydroxylation is 1. The van der Waals surface area contributed by atoms with Gasteiger partial charge in [0.1, 0.15) is 4.60 Å². The Labute approximate surface area is 105 Å². The van der Waals surface area contributed by atoms with Crippen molar-refractivity contribution in [1.29, 1.82) is 0 Å². The minimum Gasteiger partial charge on any atom is -0.325 e. The SMILES string of the molecule is CCCCCC(=O)Nc1cnc(Br)c(C)c1. The maximum Gasteiger partial charge on any atom is 0.224 e. The molecule has 88 valence electrons. The summed E-state index contributed by atoms with van der Waals surface area (Å²) in [6, 6.07) is 1.91. The van der Waals surface area contributed by atoms with Crippen LogP contribution in [0.15, 0.2) is 16.9 Å². The van der Waals surface area contributed by atoms with Crippen LogP contribution in [0.3, 0.4) is 0 Å². The van der Waals surface area contributed by atoms with E-state index in [-0.39, 0.29) is 5.91 Å². The zero-order chi connectivity index (χ0) is 12.0. The molecule has 0 aliphatic rings. The second-order valence-corrected chi connectivity index (χ2v) is 4.59. The molecule has 0 saturated carbocycles. The number of hydrogen-bond acceptors (Lipinski definition) is 2. The first-order valence-electron chi connectivity index (χ1n) is 5.55. The van der Waals surface area contributed by atoms with Crippen molar-refractivity contribution < 1.29 is 4.79 Å². The Balaban J connectivity index is 2.46. The number of carbonyl (C=O) groups is 1. The normalized spacial score (nSPS) is 10.2. The molecule has 0 unspecified atom stereocenters. The highest BCUT2D eigenvalue weighted by molar-refractivity contribution is 9.10. The number of nitrogens with one attached hydrogen (secondary N) is 1. The summed E-state index contributed by atoms with van der Waals surface area (Å²) >= 11 is 3.32. The first kappa shape index (κ1) is 13.2. The third kappa shape index (κ3) is 4.31. The lowest BCUT2D eigenvalue weighted by Crippen LogP contribution is -2.11. The van der Waals surface area contributed by atoms with Crippen LogP contribution in [0.25, 0.3) is 0 Å². The van der Waals surface area contributed by atoms with Gasteiger partial charge in [0.2, 0.25) is 5.91 Å². The summed E-state index contributed by atoms with van der Waals surface area (Å²) in [7, 11) is 0. The van der Waals surface area contributed by atoms with E-state index in [0.717, 1.165) is 35.1 Å². The van der Waals surface area contributed by atoms with Crippen LogP contribution in [-0.2, 0) is 4.79 Å². The van der Waals surface area contributed by atoms with Gasteiger partial charge in [0.25, 0.3) is 0 Å². The molecule has 0 spiro atoms. The molecule has 0 saturated heterocycles. The van der Waals surface area contributed by atoms with Gasteiger partial charge in [-0.05, 0) is 40.9 Å². The summed E-state index contributed by atoms with van der Waals surface area (Å²) in [5, 5.41) is 2.85. The van der Waals surface area contributed by atoms with E-state index < -0.39 is 0 Å². The number of unbranched alkanes of at least 4 members (excludes halogenated alkanes) is 2. The van der Waals surface area contributed by atoms with E-state index >= 15 is 0 Å². The number of carbonyl (C=O) groups excluding carboxylic acids is 1. The quantitative estimate of drug-likeness (QED) is 0.662. The Morgan fingerprint density at radius 1 is 1.50 bits per heavy atom. The Morgan fingerprint density at radius 2 is 2.25 bits per heavy atom. The lowest BCUT2D eigenvalue weighted by molar-refractivity contribution is -0.116. The number of rotatable bonds is 5. The van der Waals surface area contributed by atoms with Gasteiger partial charge in [-0.1, -0.05) is 19.8 Å². The fourth-order valence-corrected chi connectivity index (χ4v) is 1.60. The monoisotopic (exact) mass is 284 g/mol. The molecule has 1 amide bonds. The molecule has 1 aromatic rings. The van der Waals surface area contributed by atoms with Gasteiger partial charge in [-0.25, -0.2) is 4.98 Å². The first-order chi connectivity index (χ1) is 7.63. The van der Waals surface area contributed by atoms with E-state index in [1.807, 2.05) is 13.0 Å². The topological polar surface area (TPSA) is 42.0 Å². The van der Waals surface area contributed by atoms with Gasteiger partial charge in [0, 0.05) is 6.42 Å². The van der Waals surface area contributed by atoms with E-state index in [1.165, 1.54) is 0 Å². The third-order valence-corrected chi connectivity index (χ3v) is 3.14. The molecule has 4 heteroatoms. The molecule has 1 aromatic heterocycles. The van der Waals surface area contributed by atoms with Gasteiger partial charge in [-0.15, -0.1) is 0 Å².